The number of para-hydroxylation sites is 1. The van der Waals surface area contributed by atoms with Crippen molar-refractivity contribution in [3.8, 4) is 0 Å². The van der Waals surface area contributed by atoms with Crippen molar-refractivity contribution < 1.29 is 22.4 Å². The fourth-order valence-corrected chi connectivity index (χ4v) is 5.48. The average Bonchev–Trinajstić information content (AvgIpc) is 2.90. The van der Waals surface area contributed by atoms with E-state index < -0.39 is 40.1 Å². The minimum atomic E-state index is -4.28. The van der Waals surface area contributed by atoms with E-state index in [0.717, 1.165) is 30.3 Å². The van der Waals surface area contributed by atoms with Crippen LogP contribution in [0.5, 0.6) is 0 Å². The van der Waals surface area contributed by atoms with Crippen LogP contribution in [0.3, 0.4) is 0 Å². The molecular formula is C30H36BrFN4O4S. The van der Waals surface area contributed by atoms with E-state index in [2.05, 4.69) is 21.2 Å². The Morgan fingerprint density at radius 2 is 1.49 bits per heavy atom. The molecule has 0 saturated heterocycles. The van der Waals surface area contributed by atoms with Gasteiger partial charge >= 0.3 is 10.2 Å². The van der Waals surface area contributed by atoms with E-state index in [0.29, 0.717) is 0 Å². The van der Waals surface area contributed by atoms with Crippen molar-refractivity contribution in [2.45, 2.75) is 45.3 Å². The van der Waals surface area contributed by atoms with Crippen LogP contribution >= 0.6 is 15.9 Å². The van der Waals surface area contributed by atoms with E-state index in [9.17, 15) is 22.4 Å². The van der Waals surface area contributed by atoms with Gasteiger partial charge in [0.15, 0.2) is 0 Å². The van der Waals surface area contributed by atoms with Gasteiger partial charge in [-0.05, 0) is 56.2 Å². The first-order valence-electron chi connectivity index (χ1n) is 13.0. The second-order valence-corrected chi connectivity index (χ2v) is 13.8. The van der Waals surface area contributed by atoms with Crippen molar-refractivity contribution >= 4 is 43.6 Å². The van der Waals surface area contributed by atoms with Gasteiger partial charge in [0.1, 0.15) is 18.4 Å². The highest BCUT2D eigenvalue weighted by molar-refractivity contribution is 9.10. The van der Waals surface area contributed by atoms with Crippen molar-refractivity contribution in [1.82, 2.24) is 14.5 Å². The van der Waals surface area contributed by atoms with Crippen molar-refractivity contribution in [2.75, 3.05) is 24.9 Å². The predicted octanol–water partition coefficient (Wildman–Crippen LogP) is 4.76. The second kappa shape index (κ2) is 13.6. The van der Waals surface area contributed by atoms with E-state index in [1.54, 1.807) is 0 Å². The molecule has 0 bridgehead atoms. The molecule has 0 saturated carbocycles. The van der Waals surface area contributed by atoms with E-state index in [-0.39, 0.29) is 24.6 Å². The summed E-state index contributed by atoms with van der Waals surface area (Å²) < 4.78 is 44.1. The fourth-order valence-electron chi connectivity index (χ4n) is 4.15. The van der Waals surface area contributed by atoms with Crippen LogP contribution in [0.2, 0.25) is 0 Å². The highest BCUT2D eigenvalue weighted by atomic mass is 79.9. The number of halogens is 2. The number of anilines is 1. The topological polar surface area (TPSA) is 90.0 Å². The van der Waals surface area contributed by atoms with Crippen LogP contribution in [-0.4, -0.2) is 61.7 Å². The number of carbonyl (C=O) groups is 2. The van der Waals surface area contributed by atoms with Crippen LogP contribution in [0.25, 0.3) is 0 Å². The zero-order valence-electron chi connectivity index (χ0n) is 23.8. The Morgan fingerprint density at radius 1 is 0.902 bits per heavy atom. The second-order valence-electron chi connectivity index (χ2n) is 10.8. The molecule has 1 atom stereocenters. The predicted molar refractivity (Wildman–Crippen MR) is 163 cm³/mol. The molecule has 3 aromatic rings. The third-order valence-corrected chi connectivity index (χ3v) is 8.51. The number of carbonyl (C=O) groups excluding carboxylic acids is 2. The molecule has 1 N–H and O–H groups in total. The summed E-state index contributed by atoms with van der Waals surface area (Å²) in [5, 5.41) is 2.97. The lowest BCUT2D eigenvalue weighted by Crippen LogP contribution is -2.56. The molecule has 0 radical (unpaired) electrons. The Labute approximate surface area is 250 Å². The van der Waals surface area contributed by atoms with Crippen LogP contribution < -0.4 is 9.62 Å². The first-order chi connectivity index (χ1) is 19.2. The molecule has 0 aliphatic rings. The zero-order chi connectivity index (χ0) is 30.4. The molecular weight excluding hydrogens is 611 g/mol. The van der Waals surface area contributed by atoms with E-state index in [1.165, 1.54) is 37.2 Å². The van der Waals surface area contributed by atoms with Crippen molar-refractivity contribution in [2.24, 2.45) is 0 Å². The SMILES string of the molecule is CN(C)S(=O)(=O)N(CC(=O)N(Cc1ccc(Br)cc1)[C@H](Cc1ccccc1)C(=O)NC(C)(C)C)c1ccccc1F. The lowest BCUT2D eigenvalue weighted by atomic mass is 10.0. The van der Waals surface area contributed by atoms with E-state index in [4.69, 9.17) is 0 Å². The summed E-state index contributed by atoms with van der Waals surface area (Å²) in [7, 11) is -1.67. The summed E-state index contributed by atoms with van der Waals surface area (Å²) in [5.74, 6) is -1.84. The van der Waals surface area contributed by atoms with Crippen LogP contribution in [0.4, 0.5) is 10.1 Å². The van der Waals surface area contributed by atoms with Gasteiger partial charge in [-0.25, -0.2) is 8.70 Å². The van der Waals surface area contributed by atoms with Crippen molar-refractivity contribution in [1.29, 1.82) is 0 Å². The molecule has 220 valence electrons. The molecule has 3 rings (SSSR count). The van der Waals surface area contributed by atoms with Gasteiger partial charge in [0.25, 0.3) is 0 Å². The van der Waals surface area contributed by atoms with Gasteiger partial charge in [-0.2, -0.15) is 12.7 Å². The Bertz CT molecular complexity index is 1450. The quantitative estimate of drug-likeness (QED) is 0.325. The molecule has 0 spiro atoms. The molecule has 0 heterocycles. The van der Waals surface area contributed by atoms with Gasteiger partial charge in [0.05, 0.1) is 5.69 Å². The molecule has 0 aromatic heterocycles. The third kappa shape index (κ3) is 8.85. The molecule has 2 amide bonds. The van der Waals surface area contributed by atoms with Gasteiger partial charge in [-0.1, -0.05) is 70.5 Å². The smallest absolute Gasteiger partial charge is 0.304 e. The Kier molecular flexibility index (Phi) is 10.7. The first kappa shape index (κ1) is 32.2. The minimum Gasteiger partial charge on any atom is -0.350 e. The maximum Gasteiger partial charge on any atom is 0.304 e. The standard InChI is InChI=1S/C30H36BrFN4O4S/c1-30(2,3)33-29(38)27(19-22-11-7-6-8-12-22)35(20-23-15-17-24(31)18-16-23)28(37)21-36(41(39,40)34(4)5)26-14-10-9-13-25(26)32/h6-18,27H,19-21H2,1-5H3,(H,33,38)/t27-/m1/s1. The van der Waals surface area contributed by atoms with Gasteiger partial charge in [0.2, 0.25) is 11.8 Å². The normalized spacial score (nSPS) is 12.6. The number of amides is 2. The number of hydrogen-bond donors (Lipinski definition) is 1. The van der Waals surface area contributed by atoms with Crippen LogP contribution in [0.1, 0.15) is 31.9 Å². The zero-order valence-corrected chi connectivity index (χ0v) is 26.2. The first-order valence-corrected chi connectivity index (χ1v) is 15.2. The molecule has 0 fully saturated rings. The van der Waals surface area contributed by atoms with E-state index in [1.807, 2.05) is 75.4 Å². The van der Waals surface area contributed by atoms with Gasteiger partial charge < -0.3 is 10.2 Å². The highest BCUT2D eigenvalue weighted by Gasteiger charge is 2.36. The van der Waals surface area contributed by atoms with Crippen LogP contribution in [0, 0.1) is 5.82 Å². The molecule has 3 aromatic carbocycles. The summed E-state index contributed by atoms with van der Waals surface area (Å²) in [4.78, 5) is 29.3. The molecule has 0 aliphatic heterocycles. The van der Waals surface area contributed by atoms with Crippen molar-refractivity contribution in [3.63, 3.8) is 0 Å². The third-order valence-electron chi connectivity index (χ3n) is 6.18. The highest BCUT2D eigenvalue weighted by Crippen LogP contribution is 2.25. The number of rotatable bonds is 11. The summed E-state index contributed by atoms with van der Waals surface area (Å²) in [6.45, 7) is 4.83. The Balaban J connectivity index is 2.12. The summed E-state index contributed by atoms with van der Waals surface area (Å²) in [6, 6.07) is 20.9. The number of hydrogen-bond acceptors (Lipinski definition) is 4. The minimum absolute atomic E-state index is 0.0221. The van der Waals surface area contributed by atoms with Gasteiger partial charge in [-0.15, -0.1) is 0 Å². The van der Waals surface area contributed by atoms with Gasteiger partial charge in [0, 0.05) is 37.1 Å². The Morgan fingerprint density at radius 3 is 2.05 bits per heavy atom. The maximum absolute atomic E-state index is 14.9. The van der Waals surface area contributed by atoms with Crippen LogP contribution in [-0.2, 0) is 32.8 Å². The van der Waals surface area contributed by atoms with Gasteiger partial charge in [-0.3, -0.25) is 9.59 Å². The van der Waals surface area contributed by atoms with E-state index >= 15 is 0 Å². The Hall–Kier alpha value is -3.28. The fraction of sp³-hybridized carbons (Fsp3) is 0.333. The number of benzene rings is 3. The number of nitrogens with one attached hydrogen (secondary N) is 1. The summed E-state index contributed by atoms with van der Waals surface area (Å²) >= 11 is 3.41. The lowest BCUT2D eigenvalue weighted by Gasteiger charge is -2.35. The maximum atomic E-state index is 14.9. The number of nitrogens with zero attached hydrogens (tertiary/aromatic N) is 3. The largest absolute Gasteiger partial charge is 0.350 e. The monoisotopic (exact) mass is 646 g/mol. The summed E-state index contributed by atoms with van der Waals surface area (Å²) in [6.07, 6.45) is 0.186. The summed E-state index contributed by atoms with van der Waals surface area (Å²) in [5.41, 5.74) is 0.696. The molecule has 0 unspecified atom stereocenters. The lowest BCUT2D eigenvalue weighted by molar-refractivity contribution is -0.140. The molecule has 0 aliphatic carbocycles. The molecule has 41 heavy (non-hydrogen) atoms. The molecule has 8 nitrogen and oxygen atoms in total. The van der Waals surface area contributed by atoms with Crippen molar-refractivity contribution in [3.05, 3.63) is 100 Å². The van der Waals surface area contributed by atoms with Crippen LogP contribution in [0.15, 0.2) is 83.3 Å². The molecule has 11 heteroatoms. The average molecular weight is 648 g/mol.